The van der Waals surface area contributed by atoms with Gasteiger partial charge in [-0.2, -0.15) is 0 Å². The van der Waals surface area contributed by atoms with Gasteiger partial charge in [0.25, 0.3) is 0 Å². The van der Waals surface area contributed by atoms with E-state index in [0.717, 1.165) is 18.4 Å². The highest BCUT2D eigenvalue weighted by molar-refractivity contribution is 7.90. The van der Waals surface area contributed by atoms with Crippen LogP contribution in [0.15, 0.2) is 24.3 Å². The van der Waals surface area contributed by atoms with Gasteiger partial charge < -0.3 is 0 Å². The van der Waals surface area contributed by atoms with Gasteiger partial charge in [0, 0.05) is 11.8 Å². The Bertz CT molecular complexity index is 400. The Morgan fingerprint density at radius 2 is 1.85 bits per heavy atom. The molecule has 1 rings (SSSR count). The van der Waals surface area contributed by atoms with E-state index in [1.165, 1.54) is 12.1 Å². The van der Waals surface area contributed by atoms with Crippen LogP contribution in [-0.4, -0.2) is 14.7 Å². The zero-order chi connectivity index (χ0) is 10.1. The summed E-state index contributed by atoms with van der Waals surface area (Å²) in [4.78, 5) is 0. The van der Waals surface area contributed by atoms with Crippen molar-refractivity contribution in [2.45, 2.75) is 5.50 Å². The topological polar surface area (TPSA) is 34.1 Å². The summed E-state index contributed by atoms with van der Waals surface area (Å²) in [5, 5.41) is 0. The van der Waals surface area contributed by atoms with Gasteiger partial charge in [-0.05, 0) is 6.07 Å². The summed E-state index contributed by atoms with van der Waals surface area (Å²) in [5.74, 6) is -0.847. The van der Waals surface area contributed by atoms with Gasteiger partial charge in [0.2, 0.25) is 5.50 Å². The number of hydrogen-bond donors (Lipinski definition) is 0. The molecule has 2 nitrogen and oxygen atoms in total. The molecule has 0 saturated carbocycles. The average Bonchev–Trinajstić information content (AvgIpc) is 2.02. The quantitative estimate of drug-likeness (QED) is 0.739. The summed E-state index contributed by atoms with van der Waals surface area (Å²) in [5.41, 5.74) is -2.72. The summed E-state index contributed by atoms with van der Waals surface area (Å²) in [6.07, 6.45) is 0.726. The van der Waals surface area contributed by atoms with Crippen molar-refractivity contribution in [3.63, 3.8) is 0 Å². The van der Waals surface area contributed by atoms with Crippen LogP contribution < -0.4 is 0 Å². The van der Waals surface area contributed by atoms with Crippen LogP contribution in [0.1, 0.15) is 11.1 Å². The zero-order valence-electron chi connectivity index (χ0n) is 6.87. The molecule has 1 aromatic carbocycles. The Hall–Kier alpha value is -0.970. The standard InChI is InChI=1S/C8H8F2O2S/c1-13(11,12)8(10)6-4-2-3-5-7(6)9/h2-5,8H,1H3. The van der Waals surface area contributed by atoms with E-state index >= 15 is 0 Å². The second-order valence-corrected chi connectivity index (χ2v) is 4.74. The first kappa shape index (κ1) is 10.1. The van der Waals surface area contributed by atoms with Crippen LogP contribution in [0.5, 0.6) is 0 Å². The predicted molar refractivity (Wildman–Crippen MR) is 45.1 cm³/mol. The van der Waals surface area contributed by atoms with E-state index in [9.17, 15) is 17.2 Å². The second-order valence-electron chi connectivity index (χ2n) is 2.67. The van der Waals surface area contributed by atoms with Crippen molar-refractivity contribution in [3.05, 3.63) is 35.6 Å². The Labute approximate surface area is 75.1 Å². The lowest BCUT2D eigenvalue weighted by atomic mass is 10.2. The maximum absolute atomic E-state index is 13.1. The van der Waals surface area contributed by atoms with Gasteiger partial charge in [0.1, 0.15) is 5.82 Å². The first-order chi connectivity index (χ1) is 5.93. The molecule has 1 atom stereocenters. The molecule has 0 heterocycles. The summed E-state index contributed by atoms with van der Waals surface area (Å²) in [7, 11) is -3.89. The Kier molecular flexibility index (Phi) is 2.66. The maximum Gasteiger partial charge on any atom is 0.228 e. The number of halogens is 2. The third-order valence-electron chi connectivity index (χ3n) is 1.53. The van der Waals surface area contributed by atoms with Gasteiger partial charge in [-0.3, -0.25) is 0 Å². The first-order valence-electron chi connectivity index (χ1n) is 3.50. The number of hydrogen-bond acceptors (Lipinski definition) is 2. The fourth-order valence-electron chi connectivity index (χ4n) is 0.890. The van der Waals surface area contributed by atoms with Crippen molar-refractivity contribution >= 4 is 9.84 Å². The van der Waals surface area contributed by atoms with E-state index in [4.69, 9.17) is 0 Å². The lowest BCUT2D eigenvalue weighted by Gasteiger charge is -2.06. The molecule has 0 bridgehead atoms. The molecule has 0 aromatic heterocycles. The maximum atomic E-state index is 13.1. The summed E-state index contributed by atoms with van der Waals surface area (Å²) in [6.45, 7) is 0. The Balaban J connectivity index is 3.17. The fraction of sp³-hybridized carbons (Fsp3) is 0.250. The summed E-state index contributed by atoms with van der Waals surface area (Å²) >= 11 is 0. The smallest absolute Gasteiger partial charge is 0.226 e. The largest absolute Gasteiger partial charge is 0.228 e. The molecule has 0 fully saturated rings. The Morgan fingerprint density at radius 3 is 2.31 bits per heavy atom. The van der Waals surface area contributed by atoms with E-state index < -0.39 is 26.7 Å². The van der Waals surface area contributed by atoms with Crippen molar-refractivity contribution in [1.82, 2.24) is 0 Å². The highest BCUT2D eigenvalue weighted by Gasteiger charge is 2.24. The molecule has 0 saturated heterocycles. The monoisotopic (exact) mass is 206 g/mol. The lowest BCUT2D eigenvalue weighted by molar-refractivity contribution is 0.419. The number of alkyl halides is 1. The van der Waals surface area contributed by atoms with E-state index in [-0.39, 0.29) is 0 Å². The van der Waals surface area contributed by atoms with Crippen molar-refractivity contribution in [3.8, 4) is 0 Å². The van der Waals surface area contributed by atoms with Crippen molar-refractivity contribution in [1.29, 1.82) is 0 Å². The van der Waals surface area contributed by atoms with Crippen LogP contribution >= 0.6 is 0 Å². The van der Waals surface area contributed by atoms with Gasteiger partial charge in [-0.1, -0.05) is 18.2 Å². The molecule has 13 heavy (non-hydrogen) atoms. The number of benzene rings is 1. The van der Waals surface area contributed by atoms with Crippen molar-refractivity contribution in [2.75, 3.05) is 6.26 Å². The van der Waals surface area contributed by atoms with Crippen LogP contribution in [0, 0.1) is 5.82 Å². The zero-order valence-corrected chi connectivity index (χ0v) is 7.68. The molecule has 0 radical (unpaired) electrons. The lowest BCUT2D eigenvalue weighted by Crippen LogP contribution is -2.07. The van der Waals surface area contributed by atoms with Gasteiger partial charge in [0.05, 0.1) is 0 Å². The molecule has 0 amide bonds. The minimum atomic E-state index is -3.89. The molecule has 0 aliphatic carbocycles. The molecule has 1 aromatic rings. The third-order valence-corrected chi connectivity index (χ3v) is 2.53. The van der Waals surface area contributed by atoms with Crippen LogP contribution in [0.25, 0.3) is 0 Å². The van der Waals surface area contributed by atoms with E-state index in [0.29, 0.717) is 0 Å². The van der Waals surface area contributed by atoms with Crippen LogP contribution in [0.4, 0.5) is 8.78 Å². The highest BCUT2D eigenvalue weighted by atomic mass is 32.2. The molecular weight excluding hydrogens is 198 g/mol. The van der Waals surface area contributed by atoms with Gasteiger partial charge in [-0.15, -0.1) is 0 Å². The Morgan fingerprint density at radius 1 is 1.31 bits per heavy atom. The van der Waals surface area contributed by atoms with Crippen LogP contribution in [-0.2, 0) is 9.84 Å². The van der Waals surface area contributed by atoms with Crippen LogP contribution in [0.3, 0.4) is 0 Å². The minimum Gasteiger partial charge on any atom is -0.226 e. The summed E-state index contributed by atoms with van der Waals surface area (Å²) < 4.78 is 47.4. The predicted octanol–water partition coefficient (Wildman–Crippen LogP) is 1.84. The average molecular weight is 206 g/mol. The van der Waals surface area contributed by atoms with Gasteiger partial charge in [0.15, 0.2) is 9.84 Å². The molecule has 1 unspecified atom stereocenters. The SMILES string of the molecule is CS(=O)(=O)C(F)c1ccccc1F. The minimum absolute atomic E-state index is 0.440. The molecule has 0 aliphatic heterocycles. The van der Waals surface area contributed by atoms with Crippen molar-refractivity contribution < 1.29 is 17.2 Å². The fourth-order valence-corrected chi connectivity index (χ4v) is 1.54. The van der Waals surface area contributed by atoms with E-state index in [1.54, 1.807) is 0 Å². The number of sulfone groups is 1. The first-order valence-corrected chi connectivity index (χ1v) is 5.46. The molecule has 0 aliphatic rings. The normalized spacial score (nSPS) is 14.1. The molecule has 5 heteroatoms. The van der Waals surface area contributed by atoms with E-state index in [1.807, 2.05) is 0 Å². The second kappa shape index (κ2) is 3.41. The summed E-state index contributed by atoms with van der Waals surface area (Å²) in [6, 6.07) is 4.89. The molecule has 0 N–H and O–H groups in total. The van der Waals surface area contributed by atoms with Gasteiger partial charge in [-0.25, -0.2) is 17.2 Å². The number of rotatable bonds is 2. The van der Waals surface area contributed by atoms with Gasteiger partial charge >= 0.3 is 0 Å². The van der Waals surface area contributed by atoms with Crippen molar-refractivity contribution in [2.24, 2.45) is 0 Å². The molecule has 0 spiro atoms. The highest BCUT2D eigenvalue weighted by Crippen LogP contribution is 2.24. The molecular formula is C8H8F2O2S. The third kappa shape index (κ3) is 2.24. The molecule has 72 valence electrons. The van der Waals surface area contributed by atoms with E-state index in [2.05, 4.69) is 0 Å². The van der Waals surface area contributed by atoms with Crippen LogP contribution in [0.2, 0.25) is 0 Å².